The maximum atomic E-state index is 12.4. The first-order valence-corrected chi connectivity index (χ1v) is 7.80. The van der Waals surface area contributed by atoms with Gasteiger partial charge in [-0.3, -0.25) is 10.2 Å². The van der Waals surface area contributed by atoms with Gasteiger partial charge in [-0.05, 0) is 11.5 Å². The molecule has 0 spiro atoms. The van der Waals surface area contributed by atoms with E-state index in [2.05, 4.69) is 19.1 Å². The SMILES string of the molecule is CC(CC(=O)N1CCC(CN)(OC=N)CC1)c1ccccc1. The van der Waals surface area contributed by atoms with Gasteiger partial charge in [0.25, 0.3) is 0 Å². The molecule has 0 aliphatic carbocycles. The average Bonchev–Trinajstić information content (AvgIpc) is 2.56. The van der Waals surface area contributed by atoms with Crippen LogP contribution in [-0.2, 0) is 9.53 Å². The molecule has 1 aliphatic heterocycles. The molecule has 22 heavy (non-hydrogen) atoms. The van der Waals surface area contributed by atoms with Crippen LogP contribution in [0.2, 0.25) is 0 Å². The summed E-state index contributed by atoms with van der Waals surface area (Å²) < 4.78 is 5.38. The third-order valence-electron chi connectivity index (χ3n) is 4.56. The van der Waals surface area contributed by atoms with Gasteiger partial charge in [-0.25, -0.2) is 0 Å². The standard InChI is InChI=1S/C17H25N3O2/c1-14(15-5-3-2-4-6-15)11-16(21)20-9-7-17(12-18,8-10-20)22-13-19/h2-6,13-14,19H,7-12,18H2,1H3. The highest BCUT2D eigenvalue weighted by Crippen LogP contribution is 2.27. The molecule has 0 radical (unpaired) electrons. The van der Waals surface area contributed by atoms with E-state index in [1.165, 1.54) is 5.56 Å². The van der Waals surface area contributed by atoms with Gasteiger partial charge in [-0.1, -0.05) is 37.3 Å². The number of benzene rings is 1. The Bertz CT molecular complexity index is 496. The molecule has 5 nitrogen and oxygen atoms in total. The van der Waals surface area contributed by atoms with Crippen LogP contribution in [0.15, 0.2) is 30.3 Å². The molecular formula is C17H25N3O2. The molecule has 0 aromatic heterocycles. The number of ether oxygens (including phenoxy) is 1. The van der Waals surface area contributed by atoms with Crippen LogP contribution in [-0.4, -0.2) is 42.4 Å². The largest absolute Gasteiger partial charge is 0.476 e. The van der Waals surface area contributed by atoms with Gasteiger partial charge >= 0.3 is 0 Å². The molecule has 3 N–H and O–H groups in total. The average molecular weight is 303 g/mol. The van der Waals surface area contributed by atoms with Gasteiger partial charge in [0.1, 0.15) is 5.60 Å². The zero-order valence-corrected chi connectivity index (χ0v) is 13.1. The van der Waals surface area contributed by atoms with Crippen molar-refractivity contribution in [2.45, 2.75) is 37.7 Å². The van der Waals surface area contributed by atoms with Gasteiger partial charge in [0.05, 0.1) is 0 Å². The van der Waals surface area contributed by atoms with Crippen molar-refractivity contribution >= 4 is 12.3 Å². The van der Waals surface area contributed by atoms with Gasteiger partial charge in [0, 0.05) is 38.9 Å². The topological polar surface area (TPSA) is 79.4 Å². The fourth-order valence-electron chi connectivity index (χ4n) is 2.95. The lowest BCUT2D eigenvalue weighted by atomic mass is 9.90. The van der Waals surface area contributed by atoms with Gasteiger partial charge in [0.15, 0.2) is 6.40 Å². The summed E-state index contributed by atoms with van der Waals surface area (Å²) in [6, 6.07) is 10.1. The van der Waals surface area contributed by atoms with Crippen molar-refractivity contribution < 1.29 is 9.53 Å². The Labute approximate surface area is 132 Å². The minimum Gasteiger partial charge on any atom is -0.476 e. The Balaban J connectivity index is 1.88. The summed E-state index contributed by atoms with van der Waals surface area (Å²) in [5, 5.41) is 7.11. The maximum absolute atomic E-state index is 12.4. The number of carbonyl (C=O) groups excluding carboxylic acids is 1. The van der Waals surface area contributed by atoms with Crippen LogP contribution in [0, 0.1) is 5.41 Å². The zero-order valence-electron chi connectivity index (χ0n) is 13.1. The molecule has 1 saturated heterocycles. The van der Waals surface area contributed by atoms with E-state index >= 15 is 0 Å². The quantitative estimate of drug-likeness (QED) is 0.624. The smallest absolute Gasteiger partial charge is 0.223 e. The second-order valence-electron chi connectivity index (χ2n) is 6.02. The minimum absolute atomic E-state index is 0.178. The summed E-state index contributed by atoms with van der Waals surface area (Å²) in [5.41, 5.74) is 6.49. The van der Waals surface area contributed by atoms with E-state index in [1.807, 2.05) is 23.1 Å². The Morgan fingerprint density at radius 1 is 1.41 bits per heavy atom. The number of nitrogens with zero attached hydrogens (tertiary/aromatic N) is 1. The molecule has 5 heteroatoms. The Morgan fingerprint density at radius 3 is 2.59 bits per heavy atom. The summed E-state index contributed by atoms with van der Waals surface area (Å²) in [6.45, 7) is 3.75. The fraction of sp³-hybridized carbons (Fsp3) is 0.529. The monoisotopic (exact) mass is 303 g/mol. The number of rotatable bonds is 6. The summed E-state index contributed by atoms with van der Waals surface area (Å²) in [4.78, 5) is 14.3. The molecule has 1 heterocycles. The van der Waals surface area contributed by atoms with E-state index < -0.39 is 5.60 Å². The number of likely N-dealkylation sites (tertiary alicyclic amines) is 1. The molecule has 1 aliphatic rings. The maximum Gasteiger partial charge on any atom is 0.223 e. The van der Waals surface area contributed by atoms with Gasteiger partial charge in [-0.2, -0.15) is 0 Å². The van der Waals surface area contributed by atoms with E-state index in [0.717, 1.165) is 6.40 Å². The number of hydrogen-bond donors (Lipinski definition) is 2. The van der Waals surface area contributed by atoms with E-state index in [9.17, 15) is 4.79 Å². The summed E-state index contributed by atoms with van der Waals surface area (Å²) in [7, 11) is 0. The number of carbonyl (C=O) groups is 1. The van der Waals surface area contributed by atoms with Crippen molar-refractivity contribution in [2.75, 3.05) is 19.6 Å². The number of piperidine rings is 1. The Kier molecular flexibility index (Phi) is 5.55. The highest BCUT2D eigenvalue weighted by molar-refractivity contribution is 5.77. The molecule has 1 amide bonds. The van der Waals surface area contributed by atoms with E-state index in [0.29, 0.717) is 38.9 Å². The van der Waals surface area contributed by atoms with Crippen LogP contribution in [0.3, 0.4) is 0 Å². The Hall–Kier alpha value is -1.88. The van der Waals surface area contributed by atoms with Gasteiger partial charge < -0.3 is 15.4 Å². The van der Waals surface area contributed by atoms with Crippen molar-refractivity contribution in [3.05, 3.63) is 35.9 Å². The first-order valence-electron chi connectivity index (χ1n) is 7.80. The lowest BCUT2D eigenvalue weighted by Crippen LogP contribution is -2.51. The van der Waals surface area contributed by atoms with Crippen molar-refractivity contribution in [3.63, 3.8) is 0 Å². The fourth-order valence-corrected chi connectivity index (χ4v) is 2.95. The van der Waals surface area contributed by atoms with E-state index in [1.54, 1.807) is 0 Å². The normalized spacial score (nSPS) is 18.5. The van der Waals surface area contributed by atoms with Crippen molar-refractivity contribution in [1.29, 1.82) is 5.41 Å². The molecule has 120 valence electrons. The molecule has 2 rings (SSSR count). The number of amides is 1. The number of nitrogens with one attached hydrogen (secondary N) is 1. The second kappa shape index (κ2) is 7.40. The first-order chi connectivity index (χ1) is 10.6. The molecule has 1 fully saturated rings. The van der Waals surface area contributed by atoms with Crippen LogP contribution in [0.4, 0.5) is 0 Å². The minimum atomic E-state index is -0.469. The number of nitrogens with two attached hydrogens (primary N) is 1. The highest BCUT2D eigenvalue weighted by Gasteiger charge is 2.36. The first kappa shape index (κ1) is 16.5. The molecule has 1 aromatic carbocycles. The van der Waals surface area contributed by atoms with Crippen molar-refractivity contribution in [3.8, 4) is 0 Å². The third kappa shape index (κ3) is 3.85. The van der Waals surface area contributed by atoms with Crippen molar-refractivity contribution in [2.24, 2.45) is 5.73 Å². The molecule has 0 saturated carbocycles. The van der Waals surface area contributed by atoms with Crippen LogP contribution >= 0.6 is 0 Å². The molecule has 1 atom stereocenters. The number of hydrogen-bond acceptors (Lipinski definition) is 4. The van der Waals surface area contributed by atoms with Crippen LogP contribution in [0.25, 0.3) is 0 Å². The van der Waals surface area contributed by atoms with Crippen LogP contribution < -0.4 is 5.73 Å². The molecule has 0 bridgehead atoms. The van der Waals surface area contributed by atoms with Gasteiger partial charge in [-0.15, -0.1) is 0 Å². The second-order valence-corrected chi connectivity index (χ2v) is 6.02. The van der Waals surface area contributed by atoms with E-state index in [4.69, 9.17) is 15.9 Å². The molecule has 1 unspecified atom stereocenters. The predicted octanol–water partition coefficient (Wildman–Crippen LogP) is 2.12. The van der Waals surface area contributed by atoms with Gasteiger partial charge in [0.2, 0.25) is 5.91 Å². The lowest BCUT2D eigenvalue weighted by Gasteiger charge is -2.40. The van der Waals surface area contributed by atoms with Crippen molar-refractivity contribution in [1.82, 2.24) is 4.90 Å². The van der Waals surface area contributed by atoms with Crippen LogP contribution in [0.5, 0.6) is 0 Å². The summed E-state index contributed by atoms with van der Waals surface area (Å²) >= 11 is 0. The molecular weight excluding hydrogens is 278 g/mol. The third-order valence-corrected chi connectivity index (χ3v) is 4.56. The molecule has 1 aromatic rings. The van der Waals surface area contributed by atoms with Crippen LogP contribution in [0.1, 0.15) is 37.7 Å². The highest BCUT2D eigenvalue weighted by atomic mass is 16.5. The summed E-state index contributed by atoms with van der Waals surface area (Å²) in [5.74, 6) is 0.393. The van der Waals surface area contributed by atoms with E-state index in [-0.39, 0.29) is 11.8 Å². The lowest BCUT2D eigenvalue weighted by molar-refractivity contribution is -0.135. The summed E-state index contributed by atoms with van der Waals surface area (Å²) in [6.07, 6.45) is 2.85. The Morgan fingerprint density at radius 2 is 2.05 bits per heavy atom. The zero-order chi connectivity index (χ0) is 16.0. The predicted molar refractivity (Wildman–Crippen MR) is 86.9 cm³/mol.